The van der Waals surface area contributed by atoms with Crippen molar-refractivity contribution in [1.29, 1.82) is 0 Å². The number of hydrogen-bond donors (Lipinski definition) is 5. The summed E-state index contributed by atoms with van der Waals surface area (Å²) in [6.07, 6.45) is 8.45. The van der Waals surface area contributed by atoms with Crippen LogP contribution in [0.4, 0.5) is 9.59 Å². The van der Waals surface area contributed by atoms with Crippen molar-refractivity contribution >= 4 is 34.9 Å². The van der Waals surface area contributed by atoms with Gasteiger partial charge in [-0.15, -0.1) is 0 Å². The van der Waals surface area contributed by atoms with Crippen LogP contribution >= 0.6 is 0 Å². The maximum Gasteiger partial charge on any atom is 0.407 e. The van der Waals surface area contributed by atoms with E-state index in [4.69, 9.17) is 24.2 Å². The van der Waals surface area contributed by atoms with E-state index in [0.29, 0.717) is 18.9 Å². The summed E-state index contributed by atoms with van der Waals surface area (Å²) in [5.41, 5.74) is 7.36. The number of alkyl carbamates (subject to hydrolysis) is 2. The fourth-order valence-electron chi connectivity index (χ4n) is 9.82. The van der Waals surface area contributed by atoms with Crippen LogP contribution < -0.4 is 15.4 Å². The molecule has 0 bridgehead atoms. The van der Waals surface area contributed by atoms with Crippen LogP contribution in [0, 0.1) is 11.8 Å². The van der Waals surface area contributed by atoms with E-state index in [2.05, 4.69) is 62.0 Å². The van der Waals surface area contributed by atoms with E-state index in [9.17, 15) is 19.2 Å². The number of amides is 4. The fourth-order valence-corrected chi connectivity index (χ4v) is 9.82. The molecule has 5 aromatic rings. The lowest BCUT2D eigenvalue weighted by Crippen LogP contribution is -2.51. The first-order chi connectivity index (χ1) is 29.9. The zero-order chi connectivity index (χ0) is 43.4. The number of methoxy groups -OCH3 is 2. The van der Waals surface area contributed by atoms with Gasteiger partial charge in [0.1, 0.15) is 35.1 Å². The number of H-pyrrole nitrogens is 3. The van der Waals surface area contributed by atoms with Crippen molar-refractivity contribution in [1.82, 2.24) is 45.4 Å². The van der Waals surface area contributed by atoms with Gasteiger partial charge in [-0.1, -0.05) is 39.8 Å². The number of carbonyl (C=O) groups is 4. The topological polar surface area (TPSA) is 200 Å². The summed E-state index contributed by atoms with van der Waals surface area (Å²) in [5.74, 6) is 1.70. The first kappa shape index (κ1) is 41.1. The van der Waals surface area contributed by atoms with Gasteiger partial charge >= 0.3 is 12.2 Å². The number of imidazole rings is 2. The van der Waals surface area contributed by atoms with Crippen LogP contribution in [0.3, 0.4) is 0 Å². The maximum absolute atomic E-state index is 13.7. The number of aromatic nitrogens is 5. The molecule has 4 unspecified atom stereocenters. The number of likely N-dealkylation sites (tertiary alicyclic amines) is 2. The minimum absolute atomic E-state index is 0.118. The molecule has 62 heavy (non-hydrogen) atoms. The van der Waals surface area contributed by atoms with Crippen molar-refractivity contribution in [2.45, 2.75) is 102 Å². The molecule has 2 saturated heterocycles. The molecule has 3 fully saturated rings. The van der Waals surface area contributed by atoms with E-state index in [0.717, 1.165) is 101 Å². The van der Waals surface area contributed by atoms with Gasteiger partial charge in [0.2, 0.25) is 11.8 Å². The van der Waals surface area contributed by atoms with Crippen LogP contribution in [-0.4, -0.2) is 98.1 Å². The van der Waals surface area contributed by atoms with Gasteiger partial charge in [-0.2, -0.15) is 0 Å². The molecule has 16 heteroatoms. The lowest BCUT2D eigenvalue weighted by atomic mass is 9.71. The third-order valence-corrected chi connectivity index (χ3v) is 13.3. The number of ether oxygens (including phenoxy) is 3. The van der Waals surface area contributed by atoms with E-state index in [-0.39, 0.29) is 35.7 Å². The molecule has 4 amide bonds. The molecular formula is C46H55N9O7. The zero-order valence-corrected chi connectivity index (χ0v) is 36.1. The van der Waals surface area contributed by atoms with Crippen LogP contribution in [0.2, 0.25) is 0 Å². The standard InChI is InChI=1S/C46H55N9O7/c1-24(2)37(52-44(58)60-5)42(56)54-18-7-10-33(54)40-47-22-31(50-40)26-13-15-30-29(20-26)36-39(49-30)28-14-12-27(21-35(28)62-46(36)16-9-17-46)32-23-48-41(51-32)34-11-8-19-55(34)43(57)38(25(3)4)53-45(59)61-6/h12-15,20-25,33-34,37-38,49H,7-11,16-19H2,1-6H3,(H,47,50)(H,48,51)(H,52,58)(H,53,59). The Morgan fingerprint density at radius 2 is 1.27 bits per heavy atom. The second kappa shape index (κ2) is 16.2. The minimum Gasteiger partial charge on any atom is -0.482 e. The predicted molar refractivity (Wildman–Crippen MR) is 231 cm³/mol. The highest BCUT2D eigenvalue weighted by molar-refractivity contribution is 5.97. The number of carbonyl (C=O) groups excluding carboxylic acids is 4. The van der Waals surface area contributed by atoms with Crippen LogP contribution in [0.1, 0.15) is 102 Å². The number of fused-ring (bicyclic) bond motifs is 6. The summed E-state index contributed by atoms with van der Waals surface area (Å²) in [6, 6.07) is 10.8. The van der Waals surface area contributed by atoms with Gasteiger partial charge in [-0.3, -0.25) is 9.59 Å². The molecule has 6 heterocycles. The summed E-state index contributed by atoms with van der Waals surface area (Å²) in [5, 5.41) is 6.54. The summed E-state index contributed by atoms with van der Waals surface area (Å²) >= 11 is 0. The van der Waals surface area contributed by atoms with Crippen molar-refractivity contribution < 1.29 is 33.4 Å². The highest BCUT2D eigenvalue weighted by Gasteiger charge is 2.48. The predicted octanol–water partition coefficient (Wildman–Crippen LogP) is 7.47. The van der Waals surface area contributed by atoms with Gasteiger partial charge in [-0.05, 0) is 81.0 Å². The van der Waals surface area contributed by atoms with E-state index in [1.807, 2.05) is 49.9 Å². The van der Waals surface area contributed by atoms with Crippen LogP contribution in [0.15, 0.2) is 48.8 Å². The molecule has 326 valence electrons. The Morgan fingerprint density at radius 1 is 0.742 bits per heavy atom. The van der Waals surface area contributed by atoms with Gasteiger partial charge in [0.05, 0.1) is 55.8 Å². The van der Waals surface area contributed by atoms with Crippen LogP contribution in [0.5, 0.6) is 5.75 Å². The van der Waals surface area contributed by atoms with Crippen molar-refractivity contribution in [3.63, 3.8) is 0 Å². The first-order valence-corrected chi connectivity index (χ1v) is 21.8. The maximum atomic E-state index is 13.7. The molecule has 3 aliphatic heterocycles. The third kappa shape index (κ3) is 7.12. The largest absolute Gasteiger partial charge is 0.482 e. The number of aromatic amines is 3. The summed E-state index contributed by atoms with van der Waals surface area (Å²) in [6.45, 7) is 8.79. The Balaban J connectivity index is 0.973. The van der Waals surface area contributed by atoms with Crippen molar-refractivity contribution in [3.8, 4) is 39.5 Å². The summed E-state index contributed by atoms with van der Waals surface area (Å²) in [7, 11) is 2.59. The molecule has 2 aromatic carbocycles. The molecule has 0 radical (unpaired) electrons. The molecule has 16 nitrogen and oxygen atoms in total. The van der Waals surface area contributed by atoms with Crippen molar-refractivity contribution in [2.75, 3.05) is 27.3 Å². The Kier molecular flexibility index (Phi) is 10.7. The van der Waals surface area contributed by atoms with Gasteiger partial charge in [0, 0.05) is 46.2 Å². The number of benzene rings is 2. The monoisotopic (exact) mass is 845 g/mol. The van der Waals surface area contributed by atoms with E-state index in [1.54, 1.807) is 0 Å². The number of nitrogens with zero attached hydrogens (tertiary/aromatic N) is 4. The highest BCUT2D eigenvalue weighted by Crippen LogP contribution is 2.56. The second-order valence-corrected chi connectivity index (χ2v) is 17.8. The SMILES string of the molecule is COC(=O)NC(C(=O)N1CCCC1c1ncc(-c2ccc3c(c2)OC2(CCC2)c2c-3[nH]c3ccc(-c4cnc(C5CCCN5C(=O)C(NC(=O)OC)C(C)C)[nH]4)cc23)[nH]1)C(C)C. The van der Waals surface area contributed by atoms with E-state index in [1.165, 1.54) is 19.8 Å². The molecule has 4 aliphatic rings. The number of nitrogens with one attached hydrogen (secondary N) is 5. The lowest BCUT2D eigenvalue weighted by molar-refractivity contribution is -0.136. The average Bonchev–Trinajstić information content (AvgIpc) is 4.11. The Labute approximate surface area is 359 Å². The Hall–Kier alpha value is -6.32. The van der Waals surface area contributed by atoms with Crippen LogP contribution in [-0.2, 0) is 24.7 Å². The molecule has 3 aromatic heterocycles. The number of rotatable bonds is 10. The minimum atomic E-state index is -0.706. The second-order valence-electron chi connectivity index (χ2n) is 17.8. The molecule has 1 spiro atoms. The molecule has 5 N–H and O–H groups in total. The average molecular weight is 846 g/mol. The molecule has 1 saturated carbocycles. The Morgan fingerprint density at radius 3 is 1.77 bits per heavy atom. The molecule has 9 rings (SSSR count). The third-order valence-electron chi connectivity index (χ3n) is 13.3. The normalized spacial score (nSPS) is 19.8. The van der Waals surface area contributed by atoms with Gasteiger partial charge in [0.15, 0.2) is 0 Å². The quantitative estimate of drug-likeness (QED) is 0.0946. The van der Waals surface area contributed by atoms with Crippen LogP contribution in [0.25, 0.3) is 44.7 Å². The van der Waals surface area contributed by atoms with E-state index >= 15 is 0 Å². The highest BCUT2D eigenvalue weighted by atomic mass is 16.5. The van der Waals surface area contributed by atoms with Gasteiger partial charge < -0.3 is 49.6 Å². The Bertz CT molecular complexity index is 2530. The molecule has 1 aliphatic carbocycles. The molecule has 4 atom stereocenters. The van der Waals surface area contributed by atoms with Crippen molar-refractivity contribution in [3.05, 3.63) is 66.0 Å². The van der Waals surface area contributed by atoms with Gasteiger partial charge in [0.25, 0.3) is 0 Å². The fraction of sp³-hybridized carbons (Fsp3) is 0.478. The number of hydrogen-bond acceptors (Lipinski definition) is 9. The molecular weight excluding hydrogens is 791 g/mol. The smallest absolute Gasteiger partial charge is 0.407 e. The summed E-state index contributed by atoms with van der Waals surface area (Å²) in [4.78, 5) is 75.6. The zero-order valence-electron chi connectivity index (χ0n) is 36.1. The van der Waals surface area contributed by atoms with Gasteiger partial charge in [-0.25, -0.2) is 19.6 Å². The van der Waals surface area contributed by atoms with E-state index < -0.39 is 29.9 Å². The first-order valence-electron chi connectivity index (χ1n) is 21.8. The lowest BCUT2D eigenvalue weighted by Gasteiger charge is -2.45. The summed E-state index contributed by atoms with van der Waals surface area (Å²) < 4.78 is 16.6. The van der Waals surface area contributed by atoms with Crippen molar-refractivity contribution in [2.24, 2.45) is 11.8 Å².